The largest absolute Gasteiger partial charge is 0.378 e. The number of nitrogens with one attached hydrogen (secondary N) is 1. The molecular weight excluding hydrogens is 340 g/mol. The highest BCUT2D eigenvalue weighted by atomic mass is 16.5. The third-order valence-electron chi connectivity index (χ3n) is 4.52. The zero-order valence-corrected chi connectivity index (χ0v) is 16.1. The number of carbonyl (C=O) groups excluding carboxylic acids is 1. The van der Waals surface area contributed by atoms with E-state index in [-0.39, 0.29) is 18.2 Å². The molecule has 1 heterocycles. The molecule has 0 aliphatic rings. The summed E-state index contributed by atoms with van der Waals surface area (Å²) in [5.41, 5.74) is 5.80. The first kappa shape index (κ1) is 18.8. The van der Waals surface area contributed by atoms with Gasteiger partial charge in [0.1, 0.15) is 5.69 Å². The van der Waals surface area contributed by atoms with Crippen molar-refractivity contribution >= 4 is 11.6 Å². The number of anilines is 1. The van der Waals surface area contributed by atoms with Crippen LogP contribution in [0.3, 0.4) is 0 Å². The Morgan fingerprint density at radius 2 is 1.89 bits per heavy atom. The molecule has 0 fully saturated rings. The molecule has 2 aromatic carbocycles. The van der Waals surface area contributed by atoms with E-state index in [0.717, 1.165) is 34.5 Å². The van der Waals surface area contributed by atoms with Crippen LogP contribution in [-0.2, 0) is 17.8 Å². The van der Waals surface area contributed by atoms with Crippen LogP contribution in [-0.4, -0.2) is 28.0 Å². The fourth-order valence-electron chi connectivity index (χ4n) is 3.01. The molecule has 0 bridgehead atoms. The Hall–Kier alpha value is -2.99. The summed E-state index contributed by atoms with van der Waals surface area (Å²) in [6, 6.07) is 13.9. The highest BCUT2D eigenvalue weighted by Crippen LogP contribution is 2.23. The summed E-state index contributed by atoms with van der Waals surface area (Å²) in [6.07, 6.45) is 0.832. The second-order valence-corrected chi connectivity index (χ2v) is 6.48. The number of ether oxygens (including phenoxy) is 1. The first-order valence-electron chi connectivity index (χ1n) is 8.95. The van der Waals surface area contributed by atoms with Crippen LogP contribution in [0.5, 0.6) is 0 Å². The van der Waals surface area contributed by atoms with Crippen LogP contribution in [0.2, 0.25) is 0 Å². The predicted octanol–water partition coefficient (Wildman–Crippen LogP) is 3.85. The number of hydrogen-bond acceptors (Lipinski definition) is 4. The van der Waals surface area contributed by atoms with E-state index < -0.39 is 0 Å². The third kappa shape index (κ3) is 3.90. The van der Waals surface area contributed by atoms with Gasteiger partial charge >= 0.3 is 0 Å². The maximum Gasteiger partial charge on any atom is 0.278 e. The second kappa shape index (κ2) is 8.14. The van der Waals surface area contributed by atoms with Crippen LogP contribution in [0, 0.1) is 13.8 Å². The Bertz CT molecular complexity index is 945. The summed E-state index contributed by atoms with van der Waals surface area (Å²) in [5.74, 6) is -0.288. The molecule has 0 spiro atoms. The lowest BCUT2D eigenvalue weighted by Gasteiger charge is -2.13. The normalized spacial score (nSPS) is 10.8. The molecule has 0 unspecified atom stereocenters. The van der Waals surface area contributed by atoms with Crippen LogP contribution in [0.1, 0.15) is 39.8 Å². The number of methoxy groups -OCH3 is 1. The minimum absolute atomic E-state index is 0.234. The first-order chi connectivity index (χ1) is 13.0. The van der Waals surface area contributed by atoms with E-state index in [9.17, 15) is 4.79 Å². The van der Waals surface area contributed by atoms with Gasteiger partial charge in [-0.05, 0) is 43.5 Å². The maximum absolute atomic E-state index is 12.9. The molecule has 0 saturated carbocycles. The van der Waals surface area contributed by atoms with E-state index in [1.54, 1.807) is 11.8 Å². The van der Waals surface area contributed by atoms with Crippen LogP contribution in [0.15, 0.2) is 42.5 Å². The van der Waals surface area contributed by atoms with Gasteiger partial charge in [-0.1, -0.05) is 48.0 Å². The number of carbonyl (C=O) groups is 1. The van der Waals surface area contributed by atoms with Crippen molar-refractivity contribution in [2.24, 2.45) is 0 Å². The molecule has 0 atom stereocenters. The van der Waals surface area contributed by atoms with Gasteiger partial charge in [-0.2, -0.15) is 0 Å². The topological polar surface area (TPSA) is 69.0 Å². The molecule has 27 heavy (non-hydrogen) atoms. The lowest BCUT2D eigenvalue weighted by atomic mass is 10.1. The average Bonchev–Trinajstić information content (AvgIpc) is 3.08. The summed E-state index contributed by atoms with van der Waals surface area (Å²) >= 11 is 0. The highest BCUT2D eigenvalue weighted by molar-refractivity contribution is 6.04. The summed E-state index contributed by atoms with van der Waals surface area (Å²) in [7, 11) is 1.59. The SMILES string of the molecule is CCc1cccc(C)c1NC(=O)c1nnn(-c2ccc(C)cc2)c1COC. The maximum atomic E-state index is 12.9. The third-order valence-corrected chi connectivity index (χ3v) is 4.52. The lowest BCUT2D eigenvalue weighted by Crippen LogP contribution is -2.17. The fraction of sp³-hybridized carbons (Fsp3) is 0.286. The Morgan fingerprint density at radius 1 is 1.15 bits per heavy atom. The summed E-state index contributed by atoms with van der Waals surface area (Å²) in [5, 5.41) is 11.3. The molecule has 3 rings (SSSR count). The van der Waals surface area contributed by atoms with Crippen LogP contribution >= 0.6 is 0 Å². The number of rotatable bonds is 6. The monoisotopic (exact) mass is 364 g/mol. The number of aromatic nitrogens is 3. The fourth-order valence-corrected chi connectivity index (χ4v) is 3.01. The number of nitrogens with zero attached hydrogens (tertiary/aromatic N) is 3. The molecule has 0 radical (unpaired) electrons. The van der Waals surface area contributed by atoms with Gasteiger partial charge in [-0.25, -0.2) is 4.68 Å². The van der Waals surface area contributed by atoms with E-state index in [4.69, 9.17) is 4.74 Å². The van der Waals surface area contributed by atoms with Crippen LogP contribution in [0.4, 0.5) is 5.69 Å². The van der Waals surface area contributed by atoms with Gasteiger partial charge in [0.05, 0.1) is 12.3 Å². The average molecular weight is 364 g/mol. The van der Waals surface area contributed by atoms with Gasteiger partial charge in [0.15, 0.2) is 5.69 Å². The quantitative estimate of drug-likeness (QED) is 0.721. The smallest absolute Gasteiger partial charge is 0.278 e. The molecule has 1 N–H and O–H groups in total. The van der Waals surface area contributed by atoms with Gasteiger partial charge in [0, 0.05) is 12.8 Å². The molecular formula is C21H24N4O2. The van der Waals surface area contributed by atoms with Crippen molar-refractivity contribution in [2.45, 2.75) is 33.8 Å². The number of amides is 1. The van der Waals surface area contributed by atoms with Crippen molar-refractivity contribution in [3.63, 3.8) is 0 Å². The minimum Gasteiger partial charge on any atom is -0.378 e. The van der Waals surface area contributed by atoms with E-state index >= 15 is 0 Å². The van der Waals surface area contributed by atoms with Crippen molar-refractivity contribution < 1.29 is 9.53 Å². The van der Waals surface area contributed by atoms with Crippen LogP contribution in [0.25, 0.3) is 5.69 Å². The van der Waals surface area contributed by atoms with Crippen molar-refractivity contribution in [2.75, 3.05) is 12.4 Å². The Morgan fingerprint density at radius 3 is 2.56 bits per heavy atom. The van der Waals surface area contributed by atoms with Crippen molar-refractivity contribution in [3.8, 4) is 5.69 Å². The van der Waals surface area contributed by atoms with Gasteiger partial charge < -0.3 is 10.1 Å². The molecule has 0 aliphatic carbocycles. The Kier molecular flexibility index (Phi) is 5.66. The molecule has 6 nitrogen and oxygen atoms in total. The number of hydrogen-bond donors (Lipinski definition) is 1. The second-order valence-electron chi connectivity index (χ2n) is 6.48. The Balaban J connectivity index is 1.97. The van der Waals surface area contributed by atoms with Gasteiger partial charge in [-0.3, -0.25) is 4.79 Å². The molecule has 6 heteroatoms. The molecule has 0 saturated heterocycles. The van der Waals surface area contributed by atoms with Gasteiger partial charge in [0.25, 0.3) is 5.91 Å². The van der Waals surface area contributed by atoms with Crippen molar-refractivity contribution in [1.82, 2.24) is 15.0 Å². The molecule has 1 aromatic heterocycles. The lowest BCUT2D eigenvalue weighted by molar-refractivity contribution is 0.101. The van der Waals surface area contributed by atoms with Crippen molar-refractivity contribution in [1.29, 1.82) is 0 Å². The molecule has 140 valence electrons. The van der Waals surface area contributed by atoms with Crippen LogP contribution < -0.4 is 5.32 Å². The summed E-state index contributed by atoms with van der Waals surface area (Å²) in [4.78, 5) is 12.9. The highest BCUT2D eigenvalue weighted by Gasteiger charge is 2.21. The molecule has 0 aliphatic heterocycles. The van der Waals surface area contributed by atoms with Gasteiger partial charge in [-0.15, -0.1) is 5.10 Å². The Labute approximate surface area is 159 Å². The summed E-state index contributed by atoms with van der Waals surface area (Å²) < 4.78 is 6.95. The minimum atomic E-state index is -0.288. The number of aryl methyl sites for hydroxylation is 3. The van der Waals surface area contributed by atoms with E-state index in [0.29, 0.717) is 5.69 Å². The van der Waals surface area contributed by atoms with E-state index in [2.05, 4.69) is 22.6 Å². The number of para-hydroxylation sites is 1. The summed E-state index contributed by atoms with van der Waals surface area (Å²) in [6.45, 7) is 6.30. The van der Waals surface area contributed by atoms with E-state index in [1.807, 2.05) is 56.3 Å². The van der Waals surface area contributed by atoms with E-state index in [1.165, 1.54) is 0 Å². The zero-order valence-electron chi connectivity index (χ0n) is 16.1. The predicted molar refractivity (Wildman–Crippen MR) is 105 cm³/mol. The zero-order chi connectivity index (χ0) is 19.4. The van der Waals surface area contributed by atoms with Gasteiger partial charge in [0.2, 0.25) is 0 Å². The first-order valence-corrected chi connectivity index (χ1v) is 8.95. The molecule has 3 aromatic rings. The van der Waals surface area contributed by atoms with Crippen molar-refractivity contribution in [3.05, 3.63) is 70.5 Å². The molecule has 1 amide bonds. The number of benzene rings is 2. The standard InChI is InChI=1S/C21H24N4O2/c1-5-16-8-6-7-15(3)19(16)22-21(26)20-18(13-27-4)25(24-23-20)17-11-9-14(2)10-12-17/h6-12H,5,13H2,1-4H3,(H,22,26).